The van der Waals surface area contributed by atoms with Crippen LogP contribution in [0.3, 0.4) is 0 Å². The van der Waals surface area contributed by atoms with Crippen LogP contribution in [0, 0.1) is 0 Å². The maximum Gasteiger partial charge on any atom is 0.500 e. The molecule has 0 saturated heterocycles. The molecule has 0 unspecified atom stereocenters. The van der Waals surface area contributed by atoms with Gasteiger partial charge in [0.05, 0.1) is 0 Å². The number of aryl methyl sites for hydroxylation is 1. The quantitative estimate of drug-likeness (QED) is 0.194. The number of nitrogens with zero attached hydrogens (tertiary/aromatic N) is 1. The minimum Gasteiger partial charge on any atom is -0.374 e. The highest BCUT2D eigenvalue weighted by atomic mass is 28.4. The third-order valence-corrected chi connectivity index (χ3v) is 11.4. The van der Waals surface area contributed by atoms with Crippen molar-refractivity contribution < 1.29 is 31.4 Å². The average molecular weight is 519 g/mol. The maximum atomic E-state index is 12.8. The molecule has 0 aromatic carbocycles. The second-order valence-corrected chi connectivity index (χ2v) is 13.0. The lowest BCUT2D eigenvalue weighted by Crippen LogP contribution is -2.46. The van der Waals surface area contributed by atoms with Crippen LogP contribution in [0.4, 0.5) is 0 Å². The molecule has 0 bridgehead atoms. The van der Waals surface area contributed by atoms with Gasteiger partial charge in [-0.1, -0.05) is 0 Å². The monoisotopic (exact) mass is 518 g/mol. The molecule has 0 aliphatic heterocycles. The van der Waals surface area contributed by atoms with E-state index in [4.69, 9.17) is 26.6 Å². The Morgan fingerprint density at radius 3 is 1.65 bits per heavy atom. The van der Waals surface area contributed by atoms with E-state index in [2.05, 4.69) is 5.32 Å². The van der Waals surface area contributed by atoms with Crippen molar-refractivity contribution in [2.75, 3.05) is 46.2 Å². The van der Waals surface area contributed by atoms with Crippen molar-refractivity contribution in [1.82, 2.24) is 9.88 Å². The zero-order valence-corrected chi connectivity index (χ0v) is 24.0. The van der Waals surface area contributed by atoms with E-state index in [1.807, 2.05) is 64.4 Å². The fourth-order valence-corrected chi connectivity index (χ4v) is 9.09. The Bertz CT molecular complexity index is 641. The summed E-state index contributed by atoms with van der Waals surface area (Å²) in [5.74, 6) is -0.0931. The molecule has 11 heteroatoms. The number of hydrogen-bond donors (Lipinski definition) is 1. The standard InChI is InChI=1S/C23H46N2O7Si2/c1-7-27-33(28-8-2,29-9-3)20-14-17-24-23(26)22-16-13-18-25(22)19-15-21-34(30-10-4,31-11-5)32-12-6/h13,16,18H,7-12,14-15,17,19-21H2,1-6H3,(H,24,26). The summed E-state index contributed by atoms with van der Waals surface area (Å²) in [4.78, 5) is 12.8. The van der Waals surface area contributed by atoms with Crippen molar-refractivity contribution in [2.45, 2.75) is 73.0 Å². The van der Waals surface area contributed by atoms with Crippen molar-refractivity contribution in [3.63, 3.8) is 0 Å². The van der Waals surface area contributed by atoms with Crippen molar-refractivity contribution >= 4 is 23.5 Å². The third-order valence-electron chi connectivity index (χ3n) is 5.07. The Balaban J connectivity index is 2.62. The first-order valence-electron chi connectivity index (χ1n) is 12.7. The number of amides is 1. The molecule has 198 valence electrons. The lowest BCUT2D eigenvalue weighted by molar-refractivity contribution is 0.0696. The number of hydrogen-bond acceptors (Lipinski definition) is 7. The number of aromatic nitrogens is 1. The Kier molecular flexibility index (Phi) is 15.8. The summed E-state index contributed by atoms with van der Waals surface area (Å²) in [5, 5.41) is 3.02. The molecule has 1 rings (SSSR count). The fraction of sp³-hybridized carbons (Fsp3) is 0.783. The van der Waals surface area contributed by atoms with Gasteiger partial charge in [0.15, 0.2) is 0 Å². The van der Waals surface area contributed by atoms with Crippen molar-refractivity contribution in [3.8, 4) is 0 Å². The summed E-state index contributed by atoms with van der Waals surface area (Å²) in [6.45, 7) is 16.2. The number of rotatable bonds is 21. The number of carbonyl (C=O) groups excluding carboxylic acids is 1. The molecule has 0 atom stereocenters. The highest BCUT2D eigenvalue weighted by Crippen LogP contribution is 2.20. The van der Waals surface area contributed by atoms with Gasteiger partial charge in [-0.3, -0.25) is 4.79 Å². The van der Waals surface area contributed by atoms with Crippen LogP contribution < -0.4 is 5.32 Å². The molecular formula is C23H46N2O7Si2. The van der Waals surface area contributed by atoms with Crippen LogP contribution in [0.25, 0.3) is 0 Å². The van der Waals surface area contributed by atoms with Crippen LogP contribution in [-0.4, -0.2) is 74.3 Å². The van der Waals surface area contributed by atoms with Crippen LogP contribution in [0.1, 0.15) is 64.9 Å². The summed E-state index contributed by atoms with van der Waals surface area (Å²) in [5.41, 5.74) is 0.638. The Morgan fingerprint density at radius 1 is 0.765 bits per heavy atom. The van der Waals surface area contributed by atoms with E-state index >= 15 is 0 Å². The largest absolute Gasteiger partial charge is 0.500 e. The van der Waals surface area contributed by atoms with Gasteiger partial charge >= 0.3 is 17.6 Å². The van der Waals surface area contributed by atoms with Crippen LogP contribution >= 0.6 is 0 Å². The molecule has 1 aromatic heterocycles. The predicted octanol–water partition coefficient (Wildman–Crippen LogP) is 4.09. The first-order chi connectivity index (χ1) is 16.4. The zero-order chi connectivity index (χ0) is 25.3. The molecule has 0 radical (unpaired) electrons. The lowest BCUT2D eigenvalue weighted by atomic mass is 10.3. The van der Waals surface area contributed by atoms with Gasteiger partial charge in [0, 0.05) is 71.0 Å². The second-order valence-electron chi connectivity index (χ2n) is 7.51. The molecule has 0 fully saturated rings. The van der Waals surface area contributed by atoms with Crippen LogP contribution in [0.5, 0.6) is 0 Å². The SMILES string of the molecule is CCO[Si](CCCNC(=O)c1cccn1CCC[Si](OCC)(OCC)OCC)(OCC)OCC. The second kappa shape index (κ2) is 17.4. The van der Waals surface area contributed by atoms with Gasteiger partial charge in [-0.15, -0.1) is 0 Å². The molecule has 0 aliphatic carbocycles. The Labute approximate surface area is 208 Å². The smallest absolute Gasteiger partial charge is 0.374 e. The highest BCUT2D eigenvalue weighted by Gasteiger charge is 2.40. The summed E-state index contributed by atoms with van der Waals surface area (Å²) >= 11 is 0. The summed E-state index contributed by atoms with van der Waals surface area (Å²) in [6, 6.07) is 5.11. The minimum absolute atomic E-state index is 0.0931. The van der Waals surface area contributed by atoms with Gasteiger partial charge in [0.1, 0.15) is 5.69 Å². The Morgan fingerprint density at radius 2 is 1.21 bits per heavy atom. The van der Waals surface area contributed by atoms with E-state index in [-0.39, 0.29) is 5.91 Å². The summed E-state index contributed by atoms with van der Waals surface area (Å²) < 4.78 is 37.4. The van der Waals surface area contributed by atoms with Crippen LogP contribution in [0.15, 0.2) is 18.3 Å². The van der Waals surface area contributed by atoms with Crippen molar-refractivity contribution in [3.05, 3.63) is 24.0 Å². The fourth-order valence-electron chi connectivity index (χ4n) is 3.88. The van der Waals surface area contributed by atoms with Gasteiger partial charge in [-0.05, 0) is 66.5 Å². The minimum atomic E-state index is -2.69. The molecule has 0 aliphatic rings. The first-order valence-corrected chi connectivity index (χ1v) is 16.6. The number of nitrogens with one attached hydrogen (secondary N) is 1. The molecule has 1 amide bonds. The maximum absolute atomic E-state index is 12.8. The van der Waals surface area contributed by atoms with Gasteiger partial charge in [-0.25, -0.2) is 0 Å². The molecule has 9 nitrogen and oxygen atoms in total. The molecule has 0 saturated carbocycles. The topological polar surface area (TPSA) is 89.4 Å². The van der Waals surface area contributed by atoms with E-state index in [9.17, 15) is 4.79 Å². The van der Waals surface area contributed by atoms with Crippen LogP contribution in [-0.2, 0) is 33.1 Å². The summed E-state index contributed by atoms with van der Waals surface area (Å²) in [7, 11) is -5.37. The molecule has 0 spiro atoms. The molecule has 1 heterocycles. The third kappa shape index (κ3) is 10.3. The molecule has 34 heavy (non-hydrogen) atoms. The molecule has 1 N–H and O–H groups in total. The van der Waals surface area contributed by atoms with Gasteiger partial charge in [0.2, 0.25) is 0 Å². The van der Waals surface area contributed by atoms with Crippen LogP contribution in [0.2, 0.25) is 12.1 Å². The van der Waals surface area contributed by atoms with Gasteiger partial charge in [-0.2, -0.15) is 0 Å². The van der Waals surface area contributed by atoms with E-state index < -0.39 is 17.6 Å². The normalized spacial score (nSPS) is 12.3. The first kappa shape index (κ1) is 31.0. The van der Waals surface area contributed by atoms with E-state index in [0.29, 0.717) is 70.5 Å². The van der Waals surface area contributed by atoms with Crippen molar-refractivity contribution in [2.24, 2.45) is 0 Å². The number of carbonyl (C=O) groups is 1. The van der Waals surface area contributed by atoms with E-state index in [1.165, 1.54) is 0 Å². The van der Waals surface area contributed by atoms with E-state index in [0.717, 1.165) is 12.8 Å². The van der Waals surface area contributed by atoms with Gasteiger partial charge in [0.25, 0.3) is 5.91 Å². The zero-order valence-electron chi connectivity index (χ0n) is 22.0. The lowest BCUT2D eigenvalue weighted by Gasteiger charge is -2.28. The van der Waals surface area contributed by atoms with Gasteiger partial charge < -0.3 is 36.4 Å². The molecular weight excluding hydrogens is 472 g/mol. The average Bonchev–Trinajstić information content (AvgIpc) is 3.26. The Hall–Kier alpha value is -1.06. The summed E-state index contributed by atoms with van der Waals surface area (Å²) in [6.07, 6.45) is 3.45. The van der Waals surface area contributed by atoms with Crippen molar-refractivity contribution in [1.29, 1.82) is 0 Å². The van der Waals surface area contributed by atoms with E-state index in [1.54, 1.807) is 0 Å². The molecule has 1 aromatic rings. The highest BCUT2D eigenvalue weighted by molar-refractivity contribution is 6.61. The predicted molar refractivity (Wildman–Crippen MR) is 137 cm³/mol.